The fourth-order valence-electron chi connectivity index (χ4n) is 4.50. The summed E-state index contributed by atoms with van der Waals surface area (Å²) in [6.07, 6.45) is 9.26. The van der Waals surface area contributed by atoms with Gasteiger partial charge in [0.05, 0.1) is 0 Å². The summed E-state index contributed by atoms with van der Waals surface area (Å²) < 4.78 is 0. The summed E-state index contributed by atoms with van der Waals surface area (Å²) in [5.74, 6) is 2.59. The van der Waals surface area contributed by atoms with Gasteiger partial charge in [0, 0.05) is 31.6 Å². The molecule has 3 unspecified atom stereocenters. The van der Waals surface area contributed by atoms with Crippen molar-refractivity contribution in [3.63, 3.8) is 0 Å². The molecular formula is C16H28N2O. The van der Waals surface area contributed by atoms with Crippen LogP contribution < -0.4 is 5.32 Å². The lowest BCUT2D eigenvalue weighted by Gasteiger charge is -2.42. The fourth-order valence-corrected chi connectivity index (χ4v) is 4.50. The van der Waals surface area contributed by atoms with E-state index in [4.69, 9.17) is 0 Å². The van der Waals surface area contributed by atoms with Gasteiger partial charge in [-0.05, 0) is 38.0 Å². The number of nitrogens with one attached hydrogen (secondary N) is 1. The number of carbonyl (C=O) groups is 1. The van der Waals surface area contributed by atoms with Crippen molar-refractivity contribution in [1.82, 2.24) is 10.2 Å². The van der Waals surface area contributed by atoms with Crippen LogP contribution in [0.3, 0.4) is 0 Å². The number of hydrogen-bond acceptors (Lipinski definition) is 2. The van der Waals surface area contributed by atoms with Crippen LogP contribution in [0.15, 0.2) is 0 Å². The fraction of sp³-hybridized carbons (Fsp3) is 0.938. The van der Waals surface area contributed by atoms with Crippen LogP contribution in [0.5, 0.6) is 0 Å². The molecule has 0 aromatic carbocycles. The van der Waals surface area contributed by atoms with Crippen molar-refractivity contribution in [1.29, 1.82) is 0 Å². The zero-order valence-electron chi connectivity index (χ0n) is 12.2. The lowest BCUT2D eigenvalue weighted by atomic mass is 9.67. The van der Waals surface area contributed by atoms with Crippen molar-refractivity contribution in [2.24, 2.45) is 17.8 Å². The van der Waals surface area contributed by atoms with Crippen molar-refractivity contribution >= 4 is 5.91 Å². The number of rotatable bonds is 1. The molecule has 0 aromatic rings. The zero-order valence-corrected chi connectivity index (χ0v) is 12.2. The minimum Gasteiger partial charge on any atom is -0.337 e. The molecular weight excluding hydrogens is 236 g/mol. The Morgan fingerprint density at radius 3 is 2.68 bits per heavy atom. The first-order valence-corrected chi connectivity index (χ1v) is 8.27. The average molecular weight is 264 g/mol. The van der Waals surface area contributed by atoms with E-state index in [-0.39, 0.29) is 0 Å². The molecule has 3 rings (SSSR count). The Hall–Kier alpha value is -0.570. The third-order valence-corrected chi connectivity index (χ3v) is 5.67. The molecule has 1 aliphatic heterocycles. The predicted molar refractivity (Wildman–Crippen MR) is 76.8 cm³/mol. The Morgan fingerprint density at radius 1 is 1.11 bits per heavy atom. The van der Waals surface area contributed by atoms with E-state index < -0.39 is 0 Å². The van der Waals surface area contributed by atoms with Crippen LogP contribution in [-0.4, -0.2) is 36.5 Å². The lowest BCUT2D eigenvalue weighted by molar-refractivity contribution is -0.140. The average Bonchev–Trinajstić information content (AvgIpc) is 2.46. The third-order valence-electron chi connectivity index (χ3n) is 5.67. The molecule has 1 heterocycles. The van der Waals surface area contributed by atoms with E-state index in [1.165, 1.54) is 38.5 Å². The normalized spacial score (nSPS) is 39.7. The van der Waals surface area contributed by atoms with Gasteiger partial charge in [-0.3, -0.25) is 4.79 Å². The number of nitrogens with zero attached hydrogens (tertiary/aromatic N) is 1. The minimum absolute atomic E-state index is 0.333. The minimum atomic E-state index is 0.333. The van der Waals surface area contributed by atoms with E-state index in [0.717, 1.165) is 37.9 Å². The van der Waals surface area contributed by atoms with Crippen LogP contribution in [0.25, 0.3) is 0 Å². The van der Waals surface area contributed by atoms with Gasteiger partial charge in [0.1, 0.15) is 0 Å². The van der Waals surface area contributed by atoms with Gasteiger partial charge in [0.15, 0.2) is 0 Å². The molecule has 19 heavy (non-hydrogen) atoms. The molecule has 2 aliphatic carbocycles. The van der Waals surface area contributed by atoms with Crippen LogP contribution in [0, 0.1) is 17.8 Å². The van der Waals surface area contributed by atoms with Crippen molar-refractivity contribution in [2.45, 2.75) is 57.9 Å². The number of carbonyl (C=O) groups excluding carboxylic acids is 1. The molecule has 0 spiro atoms. The van der Waals surface area contributed by atoms with E-state index in [1.807, 2.05) is 0 Å². The molecule has 1 N–H and O–H groups in total. The van der Waals surface area contributed by atoms with Crippen LogP contribution in [0.4, 0.5) is 0 Å². The molecule has 3 heteroatoms. The Morgan fingerprint density at radius 2 is 1.89 bits per heavy atom. The Kier molecular flexibility index (Phi) is 4.11. The molecule has 0 radical (unpaired) electrons. The molecule has 0 aromatic heterocycles. The predicted octanol–water partition coefficient (Wildman–Crippen LogP) is 2.41. The van der Waals surface area contributed by atoms with Crippen LogP contribution in [-0.2, 0) is 4.79 Å². The molecule has 3 fully saturated rings. The van der Waals surface area contributed by atoms with Gasteiger partial charge >= 0.3 is 0 Å². The number of amides is 1. The second-order valence-corrected chi connectivity index (χ2v) is 6.90. The van der Waals surface area contributed by atoms with E-state index >= 15 is 0 Å². The Balaban J connectivity index is 1.60. The molecule has 4 atom stereocenters. The second kappa shape index (κ2) is 5.82. The highest BCUT2D eigenvalue weighted by Gasteiger charge is 2.37. The number of hydrogen-bond donors (Lipinski definition) is 1. The molecule has 108 valence electrons. The quantitative estimate of drug-likeness (QED) is 0.789. The van der Waals surface area contributed by atoms with E-state index in [9.17, 15) is 4.79 Å². The largest absolute Gasteiger partial charge is 0.337 e. The zero-order chi connectivity index (χ0) is 13.2. The van der Waals surface area contributed by atoms with Crippen molar-refractivity contribution in [3.8, 4) is 0 Å². The summed E-state index contributed by atoms with van der Waals surface area (Å²) in [5.41, 5.74) is 0. The van der Waals surface area contributed by atoms with Gasteiger partial charge in [-0.25, -0.2) is 0 Å². The first kappa shape index (κ1) is 13.4. The van der Waals surface area contributed by atoms with Gasteiger partial charge in [-0.15, -0.1) is 0 Å². The Labute approximate surface area is 117 Å². The van der Waals surface area contributed by atoms with E-state index in [2.05, 4.69) is 17.1 Å². The summed E-state index contributed by atoms with van der Waals surface area (Å²) in [4.78, 5) is 14.9. The van der Waals surface area contributed by atoms with Crippen LogP contribution in [0.2, 0.25) is 0 Å². The van der Waals surface area contributed by atoms with Crippen LogP contribution in [0.1, 0.15) is 51.9 Å². The molecule has 2 saturated carbocycles. The van der Waals surface area contributed by atoms with E-state index in [0.29, 0.717) is 17.9 Å². The van der Waals surface area contributed by atoms with Gasteiger partial charge < -0.3 is 10.2 Å². The summed E-state index contributed by atoms with van der Waals surface area (Å²) in [7, 11) is 0. The first-order chi connectivity index (χ1) is 9.25. The van der Waals surface area contributed by atoms with Crippen molar-refractivity contribution in [3.05, 3.63) is 0 Å². The van der Waals surface area contributed by atoms with Gasteiger partial charge in [-0.1, -0.05) is 25.7 Å². The molecule has 1 saturated heterocycles. The monoisotopic (exact) mass is 264 g/mol. The van der Waals surface area contributed by atoms with Gasteiger partial charge in [0.25, 0.3) is 0 Å². The highest BCUT2D eigenvalue weighted by atomic mass is 16.2. The SMILES string of the molecule is C[C@H]1CNCCN1C(=O)C1CCC2CCCCC2C1. The summed E-state index contributed by atoms with van der Waals surface area (Å²) in [6, 6.07) is 0.380. The highest BCUT2D eigenvalue weighted by Crippen LogP contribution is 2.43. The van der Waals surface area contributed by atoms with E-state index in [1.54, 1.807) is 0 Å². The van der Waals surface area contributed by atoms with Gasteiger partial charge in [0.2, 0.25) is 5.91 Å². The molecule has 3 nitrogen and oxygen atoms in total. The smallest absolute Gasteiger partial charge is 0.226 e. The molecule has 3 aliphatic rings. The summed E-state index contributed by atoms with van der Waals surface area (Å²) in [5, 5.41) is 3.37. The topological polar surface area (TPSA) is 32.3 Å². The number of piperazine rings is 1. The van der Waals surface area contributed by atoms with Crippen molar-refractivity contribution < 1.29 is 4.79 Å². The lowest BCUT2D eigenvalue weighted by Crippen LogP contribution is -2.54. The first-order valence-electron chi connectivity index (χ1n) is 8.27. The standard InChI is InChI=1S/C16H28N2O/c1-12-11-17-8-9-18(12)16(19)15-7-6-13-4-2-3-5-14(13)10-15/h12-15,17H,2-11H2,1H3/t12-,13?,14?,15?/m0/s1. The van der Waals surface area contributed by atoms with Crippen LogP contribution >= 0.6 is 0 Å². The maximum atomic E-state index is 12.7. The maximum absolute atomic E-state index is 12.7. The molecule has 1 amide bonds. The summed E-state index contributed by atoms with van der Waals surface area (Å²) in [6.45, 7) is 5.01. The van der Waals surface area contributed by atoms with Gasteiger partial charge in [-0.2, -0.15) is 0 Å². The maximum Gasteiger partial charge on any atom is 0.226 e. The molecule has 0 bridgehead atoms. The third kappa shape index (κ3) is 2.81. The Bertz CT molecular complexity index is 331. The highest BCUT2D eigenvalue weighted by molar-refractivity contribution is 5.79. The number of fused-ring (bicyclic) bond motifs is 1. The summed E-state index contributed by atoms with van der Waals surface area (Å²) >= 11 is 0. The van der Waals surface area contributed by atoms with Crippen molar-refractivity contribution in [2.75, 3.05) is 19.6 Å². The second-order valence-electron chi connectivity index (χ2n) is 6.90.